The second-order valence-electron chi connectivity index (χ2n) is 3.96. The van der Waals surface area contributed by atoms with Crippen molar-refractivity contribution in [1.82, 2.24) is 0 Å². The summed E-state index contributed by atoms with van der Waals surface area (Å²) in [5.41, 5.74) is 1.25. The van der Waals surface area contributed by atoms with Crippen molar-refractivity contribution in [2.24, 2.45) is 0 Å². The monoisotopic (exact) mass is 294 g/mol. The van der Waals surface area contributed by atoms with Gasteiger partial charge in [-0.25, -0.2) is 4.79 Å². The van der Waals surface area contributed by atoms with E-state index in [1.54, 1.807) is 23.2 Å². The number of ether oxygens (including phenoxy) is 1. The van der Waals surface area contributed by atoms with Gasteiger partial charge in [0.2, 0.25) is 0 Å². The van der Waals surface area contributed by atoms with Crippen LogP contribution in [-0.2, 0) is 0 Å². The minimum Gasteiger partial charge on any atom is -0.492 e. The van der Waals surface area contributed by atoms with Gasteiger partial charge in [-0.05, 0) is 19.1 Å². The van der Waals surface area contributed by atoms with Crippen LogP contribution < -0.4 is 4.74 Å². The normalized spacial score (nSPS) is 10.4. The van der Waals surface area contributed by atoms with Crippen LogP contribution in [0.3, 0.4) is 0 Å². The third kappa shape index (κ3) is 4.29. The highest BCUT2D eigenvalue weighted by Gasteiger charge is 2.07. The van der Waals surface area contributed by atoms with Crippen molar-refractivity contribution in [3.63, 3.8) is 0 Å². The lowest BCUT2D eigenvalue weighted by molar-refractivity contribution is 0.0702. The molecule has 2 aromatic rings. The predicted octanol–water partition coefficient (Wildman–Crippen LogP) is 3.93. The number of aryl methyl sites for hydroxylation is 1. The van der Waals surface area contributed by atoms with Gasteiger partial charge < -0.3 is 9.84 Å². The quantitative estimate of drug-likeness (QED) is 0.648. The molecule has 0 aliphatic carbocycles. The summed E-state index contributed by atoms with van der Waals surface area (Å²) < 4.78 is 5.51. The minimum absolute atomic E-state index is 0.307. The summed E-state index contributed by atoms with van der Waals surface area (Å²) in [4.78, 5) is 12.2. The standard InChI is InChI=1S/C14H14O3S2/c1-10-2-4-12(5-3-10)18-7-6-17-11-8-13(14(15)16)19-9-11/h2-5,8-9H,6-7H2,1H3,(H,15,16). The molecule has 5 heteroatoms. The van der Waals surface area contributed by atoms with Crippen molar-refractivity contribution in [1.29, 1.82) is 0 Å². The van der Waals surface area contributed by atoms with E-state index in [1.165, 1.54) is 21.8 Å². The number of hydrogen-bond donors (Lipinski definition) is 1. The SMILES string of the molecule is Cc1ccc(SCCOc2csc(C(=O)O)c2)cc1. The fourth-order valence-electron chi connectivity index (χ4n) is 1.46. The molecule has 1 aromatic carbocycles. The van der Waals surface area contributed by atoms with Crippen molar-refractivity contribution >= 4 is 29.1 Å². The van der Waals surface area contributed by atoms with Crippen molar-refractivity contribution in [2.45, 2.75) is 11.8 Å². The highest BCUT2D eigenvalue weighted by atomic mass is 32.2. The van der Waals surface area contributed by atoms with Crippen molar-refractivity contribution in [3.05, 3.63) is 46.2 Å². The van der Waals surface area contributed by atoms with Crippen LogP contribution in [-0.4, -0.2) is 23.4 Å². The Labute approximate surface area is 120 Å². The molecule has 0 saturated carbocycles. The molecule has 0 amide bonds. The zero-order valence-corrected chi connectivity index (χ0v) is 12.1. The number of rotatable bonds is 6. The van der Waals surface area contributed by atoms with E-state index in [9.17, 15) is 4.79 Å². The Morgan fingerprint density at radius 1 is 1.37 bits per heavy atom. The van der Waals surface area contributed by atoms with Crippen LogP contribution in [0, 0.1) is 6.92 Å². The number of hydrogen-bond acceptors (Lipinski definition) is 4. The summed E-state index contributed by atoms with van der Waals surface area (Å²) in [6.45, 7) is 2.63. The molecular formula is C14H14O3S2. The molecule has 0 atom stereocenters. The van der Waals surface area contributed by atoms with E-state index in [4.69, 9.17) is 9.84 Å². The van der Waals surface area contributed by atoms with E-state index in [1.807, 2.05) is 0 Å². The molecule has 1 aromatic heterocycles. The molecule has 3 nitrogen and oxygen atoms in total. The van der Waals surface area contributed by atoms with Gasteiger partial charge in [-0.3, -0.25) is 0 Å². The number of carbonyl (C=O) groups is 1. The van der Waals surface area contributed by atoms with Gasteiger partial charge in [-0.1, -0.05) is 17.7 Å². The summed E-state index contributed by atoms with van der Waals surface area (Å²) in [5, 5.41) is 10.5. The smallest absolute Gasteiger partial charge is 0.346 e. The summed E-state index contributed by atoms with van der Waals surface area (Å²) in [6, 6.07) is 9.91. The molecule has 0 fully saturated rings. The van der Waals surface area contributed by atoms with Crippen LogP contribution in [0.2, 0.25) is 0 Å². The van der Waals surface area contributed by atoms with Crippen LogP contribution in [0.4, 0.5) is 0 Å². The topological polar surface area (TPSA) is 46.5 Å². The van der Waals surface area contributed by atoms with E-state index < -0.39 is 5.97 Å². The second kappa shape index (κ2) is 6.63. The van der Waals surface area contributed by atoms with E-state index in [-0.39, 0.29) is 0 Å². The zero-order valence-electron chi connectivity index (χ0n) is 10.5. The second-order valence-corrected chi connectivity index (χ2v) is 6.04. The lowest BCUT2D eigenvalue weighted by atomic mass is 10.2. The van der Waals surface area contributed by atoms with E-state index in [0.29, 0.717) is 17.2 Å². The van der Waals surface area contributed by atoms with Crippen LogP contribution in [0.5, 0.6) is 5.75 Å². The number of thiophene rings is 1. The zero-order chi connectivity index (χ0) is 13.7. The lowest BCUT2D eigenvalue weighted by Gasteiger charge is -2.04. The first-order chi connectivity index (χ1) is 9.15. The summed E-state index contributed by atoms with van der Waals surface area (Å²) in [5.74, 6) is 0.558. The summed E-state index contributed by atoms with van der Waals surface area (Å²) >= 11 is 2.91. The molecule has 0 saturated heterocycles. The summed E-state index contributed by atoms with van der Waals surface area (Å²) in [6.07, 6.45) is 0. The highest BCUT2D eigenvalue weighted by molar-refractivity contribution is 7.99. The fourth-order valence-corrected chi connectivity index (χ4v) is 2.86. The van der Waals surface area contributed by atoms with E-state index >= 15 is 0 Å². The lowest BCUT2D eigenvalue weighted by Crippen LogP contribution is -1.99. The Balaban J connectivity index is 1.74. The third-order valence-corrected chi connectivity index (χ3v) is 4.30. The molecular weight excluding hydrogens is 280 g/mol. The van der Waals surface area contributed by atoms with Crippen LogP contribution >= 0.6 is 23.1 Å². The van der Waals surface area contributed by atoms with Crippen LogP contribution in [0.1, 0.15) is 15.2 Å². The molecule has 19 heavy (non-hydrogen) atoms. The predicted molar refractivity (Wildman–Crippen MR) is 78.7 cm³/mol. The Morgan fingerprint density at radius 3 is 2.74 bits per heavy atom. The molecule has 0 bridgehead atoms. The van der Waals surface area contributed by atoms with Gasteiger partial charge in [0.25, 0.3) is 0 Å². The number of benzene rings is 1. The molecule has 0 spiro atoms. The molecule has 0 radical (unpaired) electrons. The molecule has 100 valence electrons. The summed E-state index contributed by atoms with van der Waals surface area (Å²) in [7, 11) is 0. The molecule has 1 heterocycles. The molecule has 0 aliphatic heterocycles. The van der Waals surface area contributed by atoms with Gasteiger partial charge in [0.1, 0.15) is 10.6 Å². The Bertz CT molecular complexity index is 546. The Hall–Kier alpha value is -1.46. The van der Waals surface area contributed by atoms with Gasteiger partial charge in [0.15, 0.2) is 0 Å². The van der Waals surface area contributed by atoms with Crippen molar-refractivity contribution in [3.8, 4) is 5.75 Å². The molecule has 0 aliphatic rings. The first-order valence-electron chi connectivity index (χ1n) is 5.79. The number of aromatic carboxylic acids is 1. The van der Waals surface area contributed by atoms with Gasteiger partial charge in [0, 0.05) is 22.1 Å². The maximum absolute atomic E-state index is 10.7. The fraction of sp³-hybridized carbons (Fsp3) is 0.214. The number of carboxylic acids is 1. The number of thioether (sulfide) groups is 1. The van der Waals surface area contributed by atoms with Gasteiger partial charge in [-0.15, -0.1) is 23.1 Å². The van der Waals surface area contributed by atoms with E-state index in [0.717, 1.165) is 5.75 Å². The maximum atomic E-state index is 10.7. The first-order valence-corrected chi connectivity index (χ1v) is 7.66. The third-order valence-electron chi connectivity index (χ3n) is 2.43. The first kappa shape index (κ1) is 14.0. The van der Waals surface area contributed by atoms with Gasteiger partial charge >= 0.3 is 5.97 Å². The minimum atomic E-state index is -0.908. The Kier molecular flexibility index (Phi) is 4.87. The molecule has 0 unspecified atom stereocenters. The Morgan fingerprint density at radius 2 is 2.11 bits per heavy atom. The van der Waals surface area contributed by atoms with Crippen molar-refractivity contribution in [2.75, 3.05) is 12.4 Å². The van der Waals surface area contributed by atoms with E-state index in [2.05, 4.69) is 31.2 Å². The van der Waals surface area contributed by atoms with Crippen LogP contribution in [0.15, 0.2) is 40.6 Å². The molecule has 1 N–H and O–H groups in total. The molecule has 2 rings (SSSR count). The maximum Gasteiger partial charge on any atom is 0.346 e. The average Bonchev–Trinajstić information content (AvgIpc) is 2.86. The van der Waals surface area contributed by atoms with Crippen molar-refractivity contribution < 1.29 is 14.6 Å². The highest BCUT2D eigenvalue weighted by Crippen LogP contribution is 2.22. The van der Waals surface area contributed by atoms with Gasteiger partial charge in [-0.2, -0.15) is 0 Å². The number of carboxylic acid groups (broad SMARTS) is 1. The van der Waals surface area contributed by atoms with Gasteiger partial charge in [0.05, 0.1) is 6.61 Å². The van der Waals surface area contributed by atoms with Crippen LogP contribution in [0.25, 0.3) is 0 Å². The largest absolute Gasteiger partial charge is 0.492 e. The average molecular weight is 294 g/mol.